The normalized spacial score (nSPS) is 12.5. The van der Waals surface area contributed by atoms with Gasteiger partial charge in [-0.25, -0.2) is 10.1 Å². The molecule has 1 N–H and O–H groups in total. The van der Waals surface area contributed by atoms with Crippen LogP contribution in [0.2, 0.25) is 0 Å². The van der Waals surface area contributed by atoms with Crippen LogP contribution < -0.4 is 5.43 Å². The fourth-order valence-electron chi connectivity index (χ4n) is 2.17. The maximum atomic E-state index is 13.7. The van der Waals surface area contributed by atoms with E-state index in [1.807, 2.05) is 0 Å². The van der Waals surface area contributed by atoms with E-state index >= 15 is 0 Å². The van der Waals surface area contributed by atoms with Crippen LogP contribution in [0.15, 0.2) is 11.2 Å². The van der Waals surface area contributed by atoms with Gasteiger partial charge in [-0.1, -0.05) is 6.92 Å². The molecule has 0 bridgehead atoms. The first kappa shape index (κ1) is 18.2. The van der Waals surface area contributed by atoms with Crippen molar-refractivity contribution in [2.45, 2.75) is 27.3 Å². The van der Waals surface area contributed by atoms with Gasteiger partial charge in [0.15, 0.2) is 0 Å². The monoisotopic (exact) mass is 351 g/mol. The lowest BCUT2D eigenvalue weighted by molar-refractivity contribution is -0.389. The van der Waals surface area contributed by atoms with E-state index in [-0.39, 0.29) is 17.9 Å². The molecule has 134 valence electrons. The summed E-state index contributed by atoms with van der Waals surface area (Å²) in [6.45, 7) is 5.08. The zero-order valence-corrected chi connectivity index (χ0v) is 14.2. The average Bonchev–Trinajstić information content (AvgIpc) is 3.01. The summed E-state index contributed by atoms with van der Waals surface area (Å²) >= 11 is 0. The van der Waals surface area contributed by atoms with Gasteiger partial charge < -0.3 is 10.1 Å². The lowest BCUT2D eigenvalue weighted by Crippen LogP contribution is -2.28. The summed E-state index contributed by atoms with van der Waals surface area (Å²) in [7, 11) is 1.46. The minimum Gasteiger partial charge on any atom is -0.358 e. The van der Waals surface area contributed by atoms with E-state index < -0.39 is 22.7 Å². The van der Waals surface area contributed by atoms with E-state index in [4.69, 9.17) is 0 Å². The van der Waals surface area contributed by atoms with Gasteiger partial charge in [0.25, 0.3) is 0 Å². The molecule has 0 saturated heterocycles. The number of halogens is 1. The minimum atomic E-state index is -0.594. The van der Waals surface area contributed by atoms with Crippen LogP contribution in [0.4, 0.5) is 10.2 Å². The van der Waals surface area contributed by atoms with Crippen molar-refractivity contribution in [2.75, 3.05) is 0 Å². The molecule has 0 radical (unpaired) electrons. The van der Waals surface area contributed by atoms with Crippen LogP contribution in [0.3, 0.4) is 0 Å². The number of nitrogens with one attached hydrogen (secondary N) is 1. The van der Waals surface area contributed by atoms with Crippen LogP contribution >= 0.6 is 0 Å². The van der Waals surface area contributed by atoms with Crippen LogP contribution in [0.25, 0.3) is 0 Å². The highest BCUT2D eigenvalue weighted by molar-refractivity contribution is 5.84. The summed E-state index contributed by atoms with van der Waals surface area (Å²) < 4.78 is 16.2. The van der Waals surface area contributed by atoms with Gasteiger partial charge in [0.2, 0.25) is 11.9 Å². The van der Waals surface area contributed by atoms with Gasteiger partial charge in [0.05, 0.1) is 46.8 Å². The van der Waals surface area contributed by atoms with Crippen molar-refractivity contribution in [3.63, 3.8) is 0 Å². The van der Waals surface area contributed by atoms with Crippen LogP contribution in [-0.2, 0) is 18.4 Å². The smallest absolute Gasteiger partial charge is 0.358 e. The third kappa shape index (κ3) is 4.05. The number of hydrogen-bond donors (Lipinski definition) is 1. The summed E-state index contributed by atoms with van der Waals surface area (Å²) in [5, 5.41) is 22.2. The Labute approximate surface area is 142 Å². The topological polar surface area (TPSA) is 120 Å². The SMILES string of the molecule is Cc1nn(C)c(F)c1/C=N\NC(=O)[C@H](C)Cn1nc([N+](=O)[O-])cc1C. The summed E-state index contributed by atoms with van der Waals surface area (Å²) in [4.78, 5) is 22.2. The number of carbonyl (C=O) groups is 1. The fourth-order valence-corrected chi connectivity index (χ4v) is 2.17. The van der Waals surface area contributed by atoms with Crippen molar-refractivity contribution < 1.29 is 14.1 Å². The average molecular weight is 351 g/mol. The molecular weight excluding hydrogens is 333 g/mol. The van der Waals surface area contributed by atoms with E-state index in [0.29, 0.717) is 11.4 Å². The first-order valence-corrected chi connectivity index (χ1v) is 7.41. The highest BCUT2D eigenvalue weighted by atomic mass is 19.1. The predicted molar refractivity (Wildman–Crippen MR) is 86.4 cm³/mol. The Kier molecular flexibility index (Phi) is 5.25. The van der Waals surface area contributed by atoms with Crippen molar-refractivity contribution >= 4 is 17.9 Å². The van der Waals surface area contributed by atoms with Gasteiger partial charge in [0.1, 0.15) is 0 Å². The number of carbonyl (C=O) groups excluding carboxylic acids is 1. The number of amides is 1. The molecule has 11 heteroatoms. The van der Waals surface area contributed by atoms with Crippen LogP contribution in [-0.4, -0.2) is 36.6 Å². The second-order valence-electron chi connectivity index (χ2n) is 5.63. The molecule has 0 unspecified atom stereocenters. The third-order valence-corrected chi connectivity index (χ3v) is 3.61. The van der Waals surface area contributed by atoms with Gasteiger partial charge in [-0.2, -0.15) is 19.3 Å². The number of hydrogen-bond acceptors (Lipinski definition) is 6. The lowest BCUT2D eigenvalue weighted by atomic mass is 10.2. The largest absolute Gasteiger partial charge is 0.390 e. The molecule has 0 saturated carbocycles. The Bertz CT molecular complexity index is 840. The quantitative estimate of drug-likeness (QED) is 0.474. The molecule has 0 fully saturated rings. The molecule has 25 heavy (non-hydrogen) atoms. The first-order chi connectivity index (χ1) is 11.7. The summed E-state index contributed by atoms with van der Waals surface area (Å²) in [6.07, 6.45) is 1.19. The van der Waals surface area contributed by atoms with Crippen LogP contribution in [0, 0.1) is 35.8 Å². The number of aryl methyl sites for hydroxylation is 3. The number of nitro groups is 1. The fraction of sp³-hybridized carbons (Fsp3) is 0.429. The molecule has 0 aliphatic rings. The molecule has 0 aliphatic heterocycles. The molecule has 2 aromatic heterocycles. The van der Waals surface area contributed by atoms with Crippen LogP contribution in [0.1, 0.15) is 23.9 Å². The second kappa shape index (κ2) is 7.20. The van der Waals surface area contributed by atoms with Crippen LogP contribution in [0.5, 0.6) is 0 Å². The molecule has 10 nitrogen and oxygen atoms in total. The zero-order chi connectivity index (χ0) is 18.7. The van der Waals surface area contributed by atoms with Gasteiger partial charge in [-0.15, -0.1) is 0 Å². The molecule has 2 aromatic rings. The Hall–Kier alpha value is -3.11. The highest BCUT2D eigenvalue weighted by Gasteiger charge is 2.20. The van der Waals surface area contributed by atoms with Crippen molar-refractivity contribution in [3.8, 4) is 0 Å². The zero-order valence-electron chi connectivity index (χ0n) is 14.2. The van der Waals surface area contributed by atoms with Gasteiger partial charge in [-0.05, 0) is 18.8 Å². The van der Waals surface area contributed by atoms with Crippen molar-refractivity contribution in [1.82, 2.24) is 25.0 Å². The van der Waals surface area contributed by atoms with Gasteiger partial charge in [0, 0.05) is 7.05 Å². The second-order valence-corrected chi connectivity index (χ2v) is 5.63. The summed E-state index contributed by atoms with van der Waals surface area (Å²) in [6, 6.07) is 1.33. The molecular formula is C14H18FN7O3. The number of nitrogens with zero attached hydrogens (tertiary/aromatic N) is 6. The maximum Gasteiger partial charge on any atom is 0.390 e. The number of hydrazone groups is 1. The van der Waals surface area contributed by atoms with E-state index in [9.17, 15) is 19.3 Å². The number of rotatable bonds is 6. The van der Waals surface area contributed by atoms with Crippen molar-refractivity contribution in [3.05, 3.63) is 39.1 Å². The number of aromatic nitrogens is 4. The van der Waals surface area contributed by atoms with Crippen molar-refractivity contribution in [1.29, 1.82) is 0 Å². The van der Waals surface area contributed by atoms with Crippen molar-refractivity contribution in [2.24, 2.45) is 18.1 Å². The third-order valence-electron chi connectivity index (χ3n) is 3.61. The first-order valence-electron chi connectivity index (χ1n) is 7.41. The predicted octanol–water partition coefficient (Wildman–Crippen LogP) is 1.07. The molecule has 0 aliphatic carbocycles. The summed E-state index contributed by atoms with van der Waals surface area (Å²) in [5.41, 5.74) is 3.53. The van der Waals surface area contributed by atoms with Gasteiger partial charge in [-0.3, -0.25) is 4.79 Å². The lowest BCUT2D eigenvalue weighted by Gasteiger charge is -2.08. The molecule has 0 aromatic carbocycles. The highest BCUT2D eigenvalue weighted by Crippen LogP contribution is 2.13. The Balaban J connectivity index is 1.98. The molecule has 2 heterocycles. The van der Waals surface area contributed by atoms with E-state index in [1.54, 1.807) is 20.8 Å². The van der Waals surface area contributed by atoms with Gasteiger partial charge >= 0.3 is 5.82 Å². The molecule has 1 atom stereocenters. The Morgan fingerprint density at radius 1 is 1.52 bits per heavy atom. The Morgan fingerprint density at radius 2 is 2.20 bits per heavy atom. The molecule has 2 rings (SSSR count). The molecule has 1 amide bonds. The van der Waals surface area contributed by atoms with E-state index in [0.717, 1.165) is 4.68 Å². The minimum absolute atomic E-state index is 0.154. The van der Waals surface area contributed by atoms with E-state index in [1.165, 1.54) is 24.0 Å². The standard InChI is InChI=1S/C14H18FN7O3/c1-8(7-21-9(2)5-12(19-21)22(24)25)14(23)17-16-6-11-10(3)18-20(4)13(11)15/h5-6,8H,7H2,1-4H3,(H,17,23)/b16-6-/t8-/m1/s1. The van der Waals surface area contributed by atoms with E-state index in [2.05, 4.69) is 20.7 Å². The molecule has 0 spiro atoms. The Morgan fingerprint density at radius 3 is 2.72 bits per heavy atom. The summed E-state index contributed by atoms with van der Waals surface area (Å²) in [5.74, 6) is -1.79. The maximum absolute atomic E-state index is 13.7.